The van der Waals surface area contributed by atoms with Crippen LogP contribution in [-0.2, 0) is 11.8 Å². The van der Waals surface area contributed by atoms with Crippen LogP contribution in [0.2, 0.25) is 0 Å². The van der Waals surface area contributed by atoms with Crippen LogP contribution in [0.15, 0.2) is 6.20 Å². The average Bonchev–Trinajstić information content (AvgIpc) is 2.61. The van der Waals surface area contributed by atoms with Gasteiger partial charge in [0, 0.05) is 13.0 Å². The number of nitriles is 1. The Morgan fingerprint density at radius 3 is 2.72 bits per heavy atom. The maximum Gasteiger partial charge on any atom is 0.228 e. The lowest BCUT2D eigenvalue weighted by atomic mass is 9.99. The largest absolute Gasteiger partial charge is 0.310 e. The van der Waals surface area contributed by atoms with Crippen LogP contribution in [0, 0.1) is 17.2 Å². The summed E-state index contributed by atoms with van der Waals surface area (Å²) in [6.45, 7) is 0. The summed E-state index contributed by atoms with van der Waals surface area (Å²) < 4.78 is 1.53. The number of aryl methyl sites for hydroxylation is 1. The molecule has 1 aromatic heterocycles. The molecular weight excluding hydrogens is 228 g/mol. The van der Waals surface area contributed by atoms with E-state index >= 15 is 0 Å². The first-order chi connectivity index (χ1) is 8.72. The van der Waals surface area contributed by atoms with Crippen molar-refractivity contribution in [3.05, 3.63) is 11.8 Å². The molecule has 0 saturated heterocycles. The highest BCUT2D eigenvalue weighted by Gasteiger charge is 2.22. The summed E-state index contributed by atoms with van der Waals surface area (Å²) in [6.07, 6.45) is 8.06. The smallest absolute Gasteiger partial charge is 0.228 e. The molecule has 0 unspecified atom stereocenters. The molecule has 0 spiro atoms. The number of carbonyl (C=O) groups is 1. The highest BCUT2D eigenvalue weighted by Crippen LogP contribution is 2.24. The van der Waals surface area contributed by atoms with Gasteiger partial charge in [0.25, 0.3) is 0 Å². The number of rotatable bonds is 2. The van der Waals surface area contributed by atoms with Crippen LogP contribution in [0.1, 0.15) is 44.1 Å². The highest BCUT2D eigenvalue weighted by atomic mass is 16.2. The Bertz CT molecular complexity index is 464. The molecule has 0 aromatic carbocycles. The second kappa shape index (κ2) is 5.67. The molecule has 1 saturated carbocycles. The number of aromatic nitrogens is 2. The number of amides is 1. The van der Waals surface area contributed by atoms with Crippen LogP contribution in [0.5, 0.6) is 0 Å². The lowest BCUT2D eigenvalue weighted by Gasteiger charge is -2.14. The van der Waals surface area contributed by atoms with Gasteiger partial charge in [-0.25, -0.2) is 0 Å². The van der Waals surface area contributed by atoms with Gasteiger partial charge in [-0.15, -0.1) is 0 Å². The molecule has 1 fully saturated rings. The van der Waals surface area contributed by atoms with Gasteiger partial charge in [0.15, 0.2) is 0 Å². The Morgan fingerprint density at radius 2 is 2.11 bits per heavy atom. The second-order valence-electron chi connectivity index (χ2n) is 4.82. The molecule has 5 nitrogen and oxygen atoms in total. The highest BCUT2D eigenvalue weighted by molar-refractivity contribution is 5.92. The van der Waals surface area contributed by atoms with Gasteiger partial charge in [-0.3, -0.25) is 9.48 Å². The van der Waals surface area contributed by atoms with E-state index in [0.29, 0.717) is 11.4 Å². The van der Waals surface area contributed by atoms with Crippen molar-refractivity contribution < 1.29 is 4.79 Å². The lowest BCUT2D eigenvalue weighted by molar-refractivity contribution is -0.120. The molecule has 1 heterocycles. The first-order valence-corrected chi connectivity index (χ1v) is 6.45. The van der Waals surface area contributed by atoms with Crippen LogP contribution >= 0.6 is 0 Å². The summed E-state index contributed by atoms with van der Waals surface area (Å²) in [4.78, 5) is 12.2. The Balaban J connectivity index is 2.06. The molecule has 2 rings (SSSR count). The van der Waals surface area contributed by atoms with Gasteiger partial charge in [0.2, 0.25) is 5.91 Å². The molecule has 0 atom stereocenters. The Kier molecular flexibility index (Phi) is 3.98. The normalized spacial score (nSPS) is 16.9. The first kappa shape index (κ1) is 12.6. The maximum atomic E-state index is 12.2. The van der Waals surface area contributed by atoms with Crippen LogP contribution < -0.4 is 5.32 Å². The van der Waals surface area contributed by atoms with Crippen LogP contribution in [0.3, 0.4) is 0 Å². The quantitative estimate of drug-likeness (QED) is 0.813. The van der Waals surface area contributed by atoms with Crippen molar-refractivity contribution in [2.24, 2.45) is 13.0 Å². The Morgan fingerprint density at radius 1 is 1.44 bits per heavy atom. The zero-order valence-electron chi connectivity index (χ0n) is 10.6. The predicted molar refractivity (Wildman–Crippen MR) is 67.7 cm³/mol. The van der Waals surface area contributed by atoms with E-state index in [0.717, 1.165) is 25.7 Å². The molecule has 0 bridgehead atoms. The third-order valence-corrected chi connectivity index (χ3v) is 3.53. The predicted octanol–water partition coefficient (Wildman–Crippen LogP) is 2.20. The number of hydrogen-bond acceptors (Lipinski definition) is 3. The van der Waals surface area contributed by atoms with Gasteiger partial charge in [0.05, 0.1) is 6.20 Å². The zero-order chi connectivity index (χ0) is 13.0. The third-order valence-electron chi connectivity index (χ3n) is 3.53. The number of nitrogens with one attached hydrogen (secondary N) is 1. The molecule has 0 radical (unpaired) electrons. The number of hydrogen-bond donors (Lipinski definition) is 1. The molecule has 1 N–H and O–H groups in total. The summed E-state index contributed by atoms with van der Waals surface area (Å²) in [7, 11) is 1.73. The van der Waals surface area contributed by atoms with Crippen molar-refractivity contribution in [3.63, 3.8) is 0 Å². The van der Waals surface area contributed by atoms with Crippen LogP contribution in [0.4, 0.5) is 5.82 Å². The third kappa shape index (κ3) is 2.70. The van der Waals surface area contributed by atoms with E-state index in [9.17, 15) is 4.79 Å². The first-order valence-electron chi connectivity index (χ1n) is 6.45. The molecule has 18 heavy (non-hydrogen) atoms. The van der Waals surface area contributed by atoms with Gasteiger partial charge >= 0.3 is 0 Å². The Labute approximate surface area is 107 Å². The van der Waals surface area contributed by atoms with Crippen molar-refractivity contribution in [1.29, 1.82) is 5.26 Å². The summed E-state index contributed by atoms with van der Waals surface area (Å²) in [5, 5.41) is 15.8. The summed E-state index contributed by atoms with van der Waals surface area (Å²) in [5.41, 5.74) is 0.416. The molecule has 96 valence electrons. The van der Waals surface area contributed by atoms with E-state index in [2.05, 4.69) is 10.4 Å². The van der Waals surface area contributed by atoms with Crippen molar-refractivity contribution in [2.75, 3.05) is 5.32 Å². The fourth-order valence-electron chi connectivity index (χ4n) is 2.43. The summed E-state index contributed by atoms with van der Waals surface area (Å²) in [6, 6.07) is 2.04. The zero-order valence-corrected chi connectivity index (χ0v) is 10.6. The van der Waals surface area contributed by atoms with Gasteiger partial charge < -0.3 is 5.32 Å². The number of nitrogens with zero attached hydrogens (tertiary/aromatic N) is 3. The lowest BCUT2D eigenvalue weighted by Crippen LogP contribution is -2.24. The molecule has 5 heteroatoms. The molecule has 1 aliphatic carbocycles. The van der Waals surface area contributed by atoms with E-state index in [4.69, 9.17) is 5.26 Å². The molecule has 0 aliphatic heterocycles. The summed E-state index contributed by atoms with van der Waals surface area (Å²) in [5.74, 6) is 0.609. The Hall–Kier alpha value is -1.83. The fourth-order valence-corrected chi connectivity index (χ4v) is 2.43. The van der Waals surface area contributed by atoms with Crippen molar-refractivity contribution in [1.82, 2.24) is 9.78 Å². The van der Waals surface area contributed by atoms with Gasteiger partial charge in [0.1, 0.15) is 17.5 Å². The van der Waals surface area contributed by atoms with Gasteiger partial charge in [-0.1, -0.05) is 25.7 Å². The van der Waals surface area contributed by atoms with Crippen molar-refractivity contribution in [2.45, 2.75) is 38.5 Å². The van der Waals surface area contributed by atoms with Gasteiger partial charge in [-0.2, -0.15) is 10.4 Å². The molecule has 1 aliphatic rings. The SMILES string of the molecule is Cn1ncc(C#N)c1NC(=O)C1CCCCCC1. The summed E-state index contributed by atoms with van der Waals surface area (Å²) >= 11 is 0. The van der Waals surface area contributed by atoms with E-state index in [1.807, 2.05) is 6.07 Å². The minimum Gasteiger partial charge on any atom is -0.310 e. The average molecular weight is 246 g/mol. The molecular formula is C13H18N4O. The molecule has 1 aromatic rings. The fraction of sp³-hybridized carbons (Fsp3) is 0.615. The maximum absolute atomic E-state index is 12.2. The van der Waals surface area contributed by atoms with Crippen LogP contribution in [-0.4, -0.2) is 15.7 Å². The van der Waals surface area contributed by atoms with E-state index < -0.39 is 0 Å². The standard InChI is InChI=1S/C13H18N4O/c1-17-12(11(8-14)9-15-17)16-13(18)10-6-4-2-3-5-7-10/h9-10H,2-7H2,1H3,(H,16,18). The second-order valence-corrected chi connectivity index (χ2v) is 4.82. The number of anilines is 1. The number of carbonyl (C=O) groups excluding carboxylic acids is 1. The monoisotopic (exact) mass is 246 g/mol. The van der Waals surface area contributed by atoms with E-state index in [1.165, 1.54) is 23.7 Å². The van der Waals surface area contributed by atoms with Crippen LogP contribution in [0.25, 0.3) is 0 Å². The topological polar surface area (TPSA) is 70.7 Å². The van der Waals surface area contributed by atoms with Gasteiger partial charge in [-0.05, 0) is 12.8 Å². The van der Waals surface area contributed by atoms with E-state index in [1.54, 1.807) is 7.05 Å². The van der Waals surface area contributed by atoms with Crippen molar-refractivity contribution in [3.8, 4) is 6.07 Å². The van der Waals surface area contributed by atoms with E-state index in [-0.39, 0.29) is 11.8 Å². The van der Waals surface area contributed by atoms with Crippen molar-refractivity contribution >= 4 is 11.7 Å². The minimum absolute atomic E-state index is 0.0250. The molecule has 1 amide bonds. The minimum atomic E-state index is 0.0250.